The Labute approximate surface area is 135 Å². The lowest BCUT2D eigenvalue weighted by atomic mass is 9.76. The molecule has 1 aromatic carbocycles. The summed E-state index contributed by atoms with van der Waals surface area (Å²) in [7, 11) is 0. The highest BCUT2D eigenvalue weighted by molar-refractivity contribution is 5.94. The number of allylic oxidation sites excluding steroid dienone is 1. The third-order valence-corrected chi connectivity index (χ3v) is 5.89. The van der Waals surface area contributed by atoms with Gasteiger partial charge in [0.1, 0.15) is 0 Å². The van der Waals surface area contributed by atoms with Gasteiger partial charge >= 0.3 is 0 Å². The molecule has 1 aliphatic carbocycles. The Morgan fingerprint density at radius 3 is 3.00 bits per heavy atom. The Kier molecular flexibility index (Phi) is 3.06. The van der Waals surface area contributed by atoms with Crippen LogP contribution in [0.4, 0.5) is 0 Å². The fourth-order valence-electron chi connectivity index (χ4n) is 5.00. The van der Waals surface area contributed by atoms with Crippen LogP contribution in [0.3, 0.4) is 0 Å². The van der Waals surface area contributed by atoms with E-state index < -0.39 is 0 Å². The number of carbonyl (C=O) groups excluding carboxylic acids is 1. The first-order valence-electron chi connectivity index (χ1n) is 8.25. The van der Waals surface area contributed by atoms with Gasteiger partial charge in [-0.05, 0) is 49.3 Å². The van der Waals surface area contributed by atoms with Gasteiger partial charge in [0, 0.05) is 29.7 Å². The summed E-state index contributed by atoms with van der Waals surface area (Å²) < 4.78 is 0. The molecule has 1 saturated heterocycles. The van der Waals surface area contributed by atoms with Gasteiger partial charge in [-0.1, -0.05) is 24.3 Å². The van der Waals surface area contributed by atoms with Crippen molar-refractivity contribution >= 4 is 16.7 Å². The summed E-state index contributed by atoms with van der Waals surface area (Å²) in [6, 6.07) is 8.60. The van der Waals surface area contributed by atoms with Crippen LogP contribution in [-0.2, 0) is 16.8 Å². The average molecular weight is 310 g/mol. The second kappa shape index (κ2) is 4.79. The maximum absolute atomic E-state index is 12.0. The van der Waals surface area contributed by atoms with Crippen LogP contribution in [0.15, 0.2) is 35.9 Å². The van der Waals surface area contributed by atoms with Crippen molar-refractivity contribution in [3.05, 3.63) is 47.2 Å². The highest BCUT2D eigenvalue weighted by Gasteiger charge is 2.52. The lowest BCUT2D eigenvalue weighted by Gasteiger charge is -2.41. The molecule has 1 spiro atoms. The van der Waals surface area contributed by atoms with E-state index in [0.717, 1.165) is 37.9 Å². The van der Waals surface area contributed by atoms with Crippen molar-refractivity contribution < 1.29 is 10.3 Å². The van der Waals surface area contributed by atoms with Crippen molar-refractivity contribution in [1.82, 2.24) is 9.88 Å². The van der Waals surface area contributed by atoms with Crippen molar-refractivity contribution in [3.63, 3.8) is 0 Å². The molecule has 5 rings (SSSR count). The zero-order valence-electron chi connectivity index (χ0n) is 13.4. The van der Waals surface area contributed by atoms with Crippen LogP contribution in [0.5, 0.6) is 0 Å². The van der Waals surface area contributed by atoms with E-state index in [0.29, 0.717) is 5.92 Å². The summed E-state index contributed by atoms with van der Waals surface area (Å²) in [4.78, 5) is 18.3. The molecule has 1 fully saturated rings. The molecular weight excluding hydrogens is 288 g/mol. The number of fused-ring (bicyclic) bond motifs is 4. The fraction of sp³-hybridized carbons (Fsp3) is 0.421. The first-order chi connectivity index (χ1) is 10.7. The van der Waals surface area contributed by atoms with Crippen molar-refractivity contribution in [3.8, 4) is 0 Å². The fourth-order valence-corrected chi connectivity index (χ4v) is 5.00. The van der Waals surface area contributed by atoms with Crippen molar-refractivity contribution in [1.29, 1.82) is 0 Å². The largest absolute Gasteiger partial charge is 0.412 e. The van der Waals surface area contributed by atoms with Crippen molar-refractivity contribution in [2.75, 3.05) is 13.1 Å². The van der Waals surface area contributed by atoms with Crippen LogP contribution in [0.1, 0.15) is 31.0 Å². The molecule has 3 N–H and O–H groups in total. The van der Waals surface area contributed by atoms with Crippen LogP contribution in [-0.4, -0.2) is 34.2 Å². The predicted octanol–water partition coefficient (Wildman–Crippen LogP) is 2.34. The number of hydrogen-bond donors (Lipinski definition) is 1. The van der Waals surface area contributed by atoms with Crippen LogP contribution in [0, 0.1) is 5.92 Å². The lowest BCUT2D eigenvalue weighted by Crippen LogP contribution is -2.45. The molecule has 2 aliphatic heterocycles. The van der Waals surface area contributed by atoms with Crippen molar-refractivity contribution in [2.24, 2.45) is 5.92 Å². The Morgan fingerprint density at radius 2 is 2.17 bits per heavy atom. The number of nitrogens with one attached hydrogen (secondary N) is 1. The summed E-state index contributed by atoms with van der Waals surface area (Å²) in [6.07, 6.45) is 5.51. The van der Waals surface area contributed by atoms with Crippen LogP contribution < -0.4 is 0 Å². The van der Waals surface area contributed by atoms with E-state index >= 15 is 0 Å². The number of hydrogen-bond acceptors (Lipinski definition) is 2. The summed E-state index contributed by atoms with van der Waals surface area (Å²) >= 11 is 0. The van der Waals surface area contributed by atoms with Crippen LogP contribution in [0.2, 0.25) is 0 Å². The predicted molar refractivity (Wildman–Crippen MR) is 90.4 cm³/mol. The Morgan fingerprint density at radius 1 is 1.35 bits per heavy atom. The normalized spacial score (nSPS) is 28.7. The number of aromatic nitrogens is 1. The Bertz CT molecular complexity index is 835. The molecule has 2 aromatic rings. The number of H-pyrrole nitrogens is 1. The quantitative estimate of drug-likeness (QED) is 0.878. The second-order valence-corrected chi connectivity index (χ2v) is 7.14. The summed E-state index contributed by atoms with van der Waals surface area (Å²) in [5.74, 6) is 0.871. The summed E-state index contributed by atoms with van der Waals surface area (Å²) in [5, 5.41) is 1.36. The number of benzene rings is 1. The maximum Gasteiger partial charge on any atom is 0.155 e. The molecule has 0 unspecified atom stereocenters. The first-order valence-corrected chi connectivity index (χ1v) is 8.25. The third kappa shape index (κ3) is 1.82. The van der Waals surface area contributed by atoms with E-state index in [-0.39, 0.29) is 16.8 Å². The van der Waals surface area contributed by atoms with E-state index in [9.17, 15) is 4.79 Å². The van der Waals surface area contributed by atoms with E-state index in [4.69, 9.17) is 0 Å². The molecule has 2 bridgehead atoms. The highest BCUT2D eigenvalue weighted by atomic mass is 16.1. The summed E-state index contributed by atoms with van der Waals surface area (Å²) in [6.45, 7) is 3.95. The molecule has 0 radical (unpaired) electrons. The molecular formula is C19H22N2O2. The first kappa shape index (κ1) is 14.7. The van der Waals surface area contributed by atoms with Gasteiger partial charge in [-0.15, -0.1) is 0 Å². The van der Waals surface area contributed by atoms with Gasteiger partial charge in [0.25, 0.3) is 0 Å². The molecule has 4 heteroatoms. The monoisotopic (exact) mass is 310 g/mol. The topological polar surface area (TPSA) is 67.6 Å². The van der Waals surface area contributed by atoms with E-state index in [2.05, 4.69) is 40.2 Å². The molecule has 4 nitrogen and oxygen atoms in total. The SMILES string of the molecule is CC(=O)C1=C[C@@]23C[C@@H](C1)CN2CCc1c3[nH]c2ccccc12.O. The maximum atomic E-state index is 12.0. The number of para-hydroxylation sites is 1. The number of carbonyl (C=O) groups is 1. The number of nitrogens with zero attached hydrogens (tertiary/aromatic N) is 1. The Hall–Kier alpha value is -1.91. The van der Waals surface area contributed by atoms with Crippen LogP contribution >= 0.6 is 0 Å². The zero-order valence-corrected chi connectivity index (χ0v) is 13.4. The van der Waals surface area contributed by atoms with E-state index in [1.54, 1.807) is 6.92 Å². The van der Waals surface area contributed by atoms with Gasteiger partial charge in [-0.25, -0.2) is 0 Å². The summed E-state index contributed by atoms with van der Waals surface area (Å²) in [5.41, 5.74) is 5.02. The third-order valence-electron chi connectivity index (χ3n) is 5.89. The van der Waals surface area contributed by atoms with Crippen molar-refractivity contribution in [2.45, 2.75) is 31.7 Å². The minimum atomic E-state index is -0.0590. The lowest BCUT2D eigenvalue weighted by molar-refractivity contribution is -0.114. The smallest absolute Gasteiger partial charge is 0.155 e. The van der Waals surface area contributed by atoms with Crippen LogP contribution in [0.25, 0.3) is 10.9 Å². The number of Topliss-reactive ketones (excluding diaryl/α,β-unsaturated/α-hetero) is 1. The van der Waals surface area contributed by atoms with Gasteiger partial charge in [0.15, 0.2) is 5.78 Å². The molecule has 1 aromatic heterocycles. The molecule has 2 atom stereocenters. The zero-order chi connectivity index (χ0) is 14.9. The molecule has 0 amide bonds. The van der Waals surface area contributed by atoms with E-state index in [1.165, 1.54) is 22.2 Å². The minimum absolute atomic E-state index is 0. The molecule has 23 heavy (non-hydrogen) atoms. The van der Waals surface area contributed by atoms with Gasteiger partial charge in [0.05, 0.1) is 5.54 Å². The second-order valence-electron chi connectivity index (χ2n) is 7.14. The number of rotatable bonds is 1. The van der Waals surface area contributed by atoms with Gasteiger partial charge in [0.2, 0.25) is 0 Å². The average Bonchev–Trinajstić information content (AvgIpc) is 3.01. The minimum Gasteiger partial charge on any atom is -0.412 e. The van der Waals surface area contributed by atoms with E-state index in [1.807, 2.05) is 0 Å². The standard InChI is InChI=1S/C19H20N2O.H2O/c1-12(22)14-8-13-9-19(10-14)18-16(6-7-21(19)11-13)15-4-2-3-5-17(15)20-18;/h2-5,10,13,20H,6-9,11H2,1H3;1H2/t13-,19-;/m1./s1. The molecule has 0 saturated carbocycles. The highest BCUT2D eigenvalue weighted by Crippen LogP contribution is 2.52. The van der Waals surface area contributed by atoms with Gasteiger partial charge in [-0.2, -0.15) is 0 Å². The number of aromatic amines is 1. The molecule has 3 aliphatic rings. The van der Waals surface area contributed by atoms with Gasteiger partial charge < -0.3 is 10.5 Å². The Balaban J connectivity index is 0.00000135. The molecule has 120 valence electrons. The molecule has 3 heterocycles. The number of ketones is 1. The van der Waals surface area contributed by atoms with Gasteiger partial charge in [-0.3, -0.25) is 9.69 Å².